The van der Waals surface area contributed by atoms with E-state index in [-0.39, 0.29) is 12.3 Å². The molecule has 0 unspecified atom stereocenters. The van der Waals surface area contributed by atoms with E-state index in [0.29, 0.717) is 26.3 Å². The van der Waals surface area contributed by atoms with Crippen LogP contribution in [0.3, 0.4) is 0 Å². The van der Waals surface area contributed by atoms with E-state index in [9.17, 15) is 10.1 Å². The van der Waals surface area contributed by atoms with Gasteiger partial charge in [0.2, 0.25) is 0 Å². The zero-order valence-corrected chi connectivity index (χ0v) is 17.8. The molecular formula is C20H12Cl2N2O3S2. The molecule has 4 aromatic rings. The summed E-state index contributed by atoms with van der Waals surface area (Å²) in [6, 6.07) is 17.7. The predicted octanol–water partition coefficient (Wildman–Crippen LogP) is 7.24. The average Bonchev–Trinajstić information content (AvgIpc) is 3.10. The summed E-state index contributed by atoms with van der Waals surface area (Å²) >= 11 is 14.8. The minimum Gasteiger partial charge on any atom is -0.487 e. The zero-order valence-electron chi connectivity index (χ0n) is 14.7. The molecular weight excluding hydrogens is 451 g/mol. The van der Waals surface area contributed by atoms with Crippen molar-refractivity contribution in [3.63, 3.8) is 0 Å². The van der Waals surface area contributed by atoms with E-state index in [0.717, 1.165) is 14.6 Å². The summed E-state index contributed by atoms with van der Waals surface area (Å²) in [6.07, 6.45) is 0. The van der Waals surface area contributed by atoms with Crippen LogP contribution in [0, 0.1) is 10.1 Å². The molecule has 1 heterocycles. The van der Waals surface area contributed by atoms with E-state index in [1.807, 2.05) is 24.3 Å². The van der Waals surface area contributed by atoms with E-state index in [1.54, 1.807) is 30.3 Å². The fraction of sp³-hybridized carbons (Fsp3) is 0.0500. The standard InChI is InChI=1S/C20H12Cl2N2O3S2/c21-13-6-7-17(14(22)10-13)27-11-12-5-8-19(16(9-12)24(25)26)29-20-23-15-3-1-2-4-18(15)28-20/h1-10H,11H2. The number of hydrogen-bond donors (Lipinski definition) is 0. The molecule has 0 bridgehead atoms. The second kappa shape index (κ2) is 8.59. The summed E-state index contributed by atoms with van der Waals surface area (Å²) in [5, 5.41) is 12.5. The summed E-state index contributed by atoms with van der Waals surface area (Å²) < 4.78 is 7.48. The molecule has 0 saturated heterocycles. The molecule has 0 radical (unpaired) electrons. The maximum absolute atomic E-state index is 11.6. The molecule has 0 amide bonds. The Balaban J connectivity index is 1.55. The lowest BCUT2D eigenvalue weighted by Gasteiger charge is -2.09. The van der Waals surface area contributed by atoms with Gasteiger partial charge in [-0.05, 0) is 42.0 Å². The van der Waals surface area contributed by atoms with Crippen LogP contribution in [0.2, 0.25) is 10.0 Å². The lowest BCUT2D eigenvalue weighted by atomic mass is 10.2. The van der Waals surface area contributed by atoms with Crippen LogP contribution in [0.15, 0.2) is 69.9 Å². The zero-order chi connectivity index (χ0) is 20.4. The minimum absolute atomic E-state index is 0.0116. The third-order valence-corrected chi connectivity index (χ3v) is 6.67. The van der Waals surface area contributed by atoms with Crippen LogP contribution in [-0.2, 0) is 6.61 Å². The normalized spacial score (nSPS) is 11.0. The predicted molar refractivity (Wildman–Crippen MR) is 118 cm³/mol. The Labute approximate surface area is 184 Å². The van der Waals surface area contributed by atoms with Gasteiger partial charge in [0, 0.05) is 11.1 Å². The van der Waals surface area contributed by atoms with Crippen molar-refractivity contribution in [2.24, 2.45) is 0 Å². The number of ether oxygens (including phenoxy) is 1. The average molecular weight is 463 g/mol. The van der Waals surface area contributed by atoms with Gasteiger partial charge in [-0.2, -0.15) is 0 Å². The van der Waals surface area contributed by atoms with Gasteiger partial charge in [0.05, 0.1) is 25.1 Å². The Morgan fingerprint density at radius 2 is 1.93 bits per heavy atom. The van der Waals surface area contributed by atoms with Crippen molar-refractivity contribution in [3.05, 3.63) is 86.4 Å². The number of aromatic nitrogens is 1. The van der Waals surface area contributed by atoms with Gasteiger partial charge in [-0.1, -0.05) is 53.2 Å². The maximum Gasteiger partial charge on any atom is 0.283 e. The molecule has 3 aromatic carbocycles. The molecule has 1 aromatic heterocycles. The monoisotopic (exact) mass is 462 g/mol. The largest absolute Gasteiger partial charge is 0.487 e. The van der Waals surface area contributed by atoms with Gasteiger partial charge in [0.1, 0.15) is 12.4 Å². The molecule has 0 saturated carbocycles. The van der Waals surface area contributed by atoms with E-state index in [2.05, 4.69) is 4.98 Å². The highest BCUT2D eigenvalue weighted by Crippen LogP contribution is 2.39. The Morgan fingerprint density at radius 1 is 1.10 bits per heavy atom. The number of fused-ring (bicyclic) bond motifs is 1. The maximum atomic E-state index is 11.6. The lowest BCUT2D eigenvalue weighted by molar-refractivity contribution is -0.387. The first-order chi connectivity index (χ1) is 14.0. The smallest absolute Gasteiger partial charge is 0.283 e. The molecule has 9 heteroatoms. The molecule has 4 rings (SSSR count). The first-order valence-electron chi connectivity index (χ1n) is 8.38. The molecule has 0 N–H and O–H groups in total. The van der Waals surface area contributed by atoms with Crippen LogP contribution in [0.25, 0.3) is 10.2 Å². The van der Waals surface area contributed by atoms with Gasteiger partial charge >= 0.3 is 0 Å². The molecule has 0 aliphatic carbocycles. The van der Waals surface area contributed by atoms with Crippen LogP contribution in [0.1, 0.15) is 5.56 Å². The van der Waals surface area contributed by atoms with E-state index < -0.39 is 4.92 Å². The third kappa shape index (κ3) is 4.64. The van der Waals surface area contributed by atoms with Crippen molar-refractivity contribution in [3.8, 4) is 5.75 Å². The quantitative estimate of drug-likeness (QED) is 0.223. The van der Waals surface area contributed by atoms with Crippen molar-refractivity contribution in [2.75, 3.05) is 0 Å². The van der Waals surface area contributed by atoms with Crippen LogP contribution in [-0.4, -0.2) is 9.91 Å². The van der Waals surface area contributed by atoms with Gasteiger partial charge in [-0.3, -0.25) is 10.1 Å². The summed E-state index contributed by atoms with van der Waals surface area (Å²) in [5.41, 5.74) is 1.56. The molecule has 5 nitrogen and oxygen atoms in total. The number of nitro groups is 1. The van der Waals surface area contributed by atoms with Gasteiger partial charge in [-0.25, -0.2) is 4.98 Å². The molecule has 0 atom stereocenters. The fourth-order valence-corrected chi connectivity index (χ4v) is 5.20. The first kappa shape index (κ1) is 20.0. The van der Waals surface area contributed by atoms with Gasteiger partial charge in [0.25, 0.3) is 5.69 Å². The molecule has 0 aliphatic rings. The number of para-hydroxylation sites is 1. The molecule has 0 fully saturated rings. The minimum atomic E-state index is -0.394. The van der Waals surface area contributed by atoms with E-state index in [1.165, 1.54) is 29.2 Å². The fourth-order valence-electron chi connectivity index (χ4n) is 2.62. The summed E-state index contributed by atoms with van der Waals surface area (Å²) in [4.78, 5) is 16.3. The number of halogens is 2. The molecule has 146 valence electrons. The van der Waals surface area contributed by atoms with Gasteiger partial charge in [-0.15, -0.1) is 11.3 Å². The lowest BCUT2D eigenvalue weighted by Crippen LogP contribution is -1.98. The van der Waals surface area contributed by atoms with Crippen LogP contribution >= 0.6 is 46.3 Å². The van der Waals surface area contributed by atoms with Crippen molar-refractivity contribution in [1.82, 2.24) is 4.98 Å². The number of hydrogen-bond acceptors (Lipinski definition) is 6. The summed E-state index contributed by atoms with van der Waals surface area (Å²) in [7, 11) is 0. The second-order valence-corrected chi connectivity index (χ2v) is 9.14. The summed E-state index contributed by atoms with van der Waals surface area (Å²) in [6.45, 7) is 0.147. The molecule has 29 heavy (non-hydrogen) atoms. The van der Waals surface area contributed by atoms with Crippen LogP contribution < -0.4 is 4.74 Å². The van der Waals surface area contributed by atoms with Crippen molar-refractivity contribution in [1.29, 1.82) is 0 Å². The Kier molecular flexibility index (Phi) is 5.91. The second-order valence-electron chi connectivity index (χ2n) is 5.97. The van der Waals surface area contributed by atoms with Crippen molar-refractivity contribution in [2.45, 2.75) is 15.8 Å². The van der Waals surface area contributed by atoms with E-state index in [4.69, 9.17) is 27.9 Å². The number of nitrogens with zero attached hydrogens (tertiary/aromatic N) is 2. The highest BCUT2D eigenvalue weighted by molar-refractivity contribution is 8.01. The summed E-state index contributed by atoms with van der Waals surface area (Å²) in [5.74, 6) is 0.464. The third-order valence-electron chi connectivity index (χ3n) is 3.98. The van der Waals surface area contributed by atoms with Gasteiger partial charge < -0.3 is 4.74 Å². The highest BCUT2D eigenvalue weighted by Gasteiger charge is 2.18. The highest BCUT2D eigenvalue weighted by atomic mass is 35.5. The van der Waals surface area contributed by atoms with Crippen molar-refractivity contribution < 1.29 is 9.66 Å². The Hall–Kier alpha value is -2.32. The van der Waals surface area contributed by atoms with Crippen LogP contribution in [0.5, 0.6) is 5.75 Å². The van der Waals surface area contributed by atoms with E-state index >= 15 is 0 Å². The SMILES string of the molecule is O=[N+]([O-])c1cc(COc2ccc(Cl)cc2Cl)ccc1Sc1nc2ccccc2s1. The molecule has 0 aliphatic heterocycles. The first-order valence-corrected chi connectivity index (χ1v) is 10.8. The van der Waals surface area contributed by atoms with Gasteiger partial charge in [0.15, 0.2) is 4.34 Å². The topological polar surface area (TPSA) is 65.3 Å². The Morgan fingerprint density at radius 3 is 2.69 bits per heavy atom. The molecule has 0 spiro atoms. The number of thiazole rings is 1. The van der Waals surface area contributed by atoms with Crippen molar-refractivity contribution >= 4 is 62.2 Å². The number of rotatable bonds is 6. The Bertz CT molecular complexity index is 1180. The number of benzene rings is 3. The van der Waals surface area contributed by atoms with Crippen LogP contribution in [0.4, 0.5) is 5.69 Å². The number of nitro benzene ring substituents is 1.